The second-order valence-electron chi connectivity index (χ2n) is 5.94. The largest absolute Gasteiger partial charge is 0.508 e. The van der Waals surface area contributed by atoms with Gasteiger partial charge >= 0.3 is 0 Å². The Hall–Kier alpha value is -1.79. The Morgan fingerprint density at radius 3 is 2.22 bits per heavy atom. The second-order valence-corrected chi connectivity index (χ2v) is 5.94. The summed E-state index contributed by atoms with van der Waals surface area (Å²) >= 11 is 0. The van der Waals surface area contributed by atoms with Gasteiger partial charge in [0, 0.05) is 31.7 Å². The maximum atomic E-state index is 12.4. The van der Waals surface area contributed by atoms with Gasteiger partial charge in [-0.05, 0) is 24.1 Å². The van der Waals surface area contributed by atoms with Crippen molar-refractivity contribution in [3.8, 4) is 5.75 Å². The molecule has 6 nitrogen and oxygen atoms in total. The summed E-state index contributed by atoms with van der Waals surface area (Å²) in [4.78, 5) is 28.0. The lowest BCUT2D eigenvalue weighted by atomic mass is 10.0. The second kappa shape index (κ2) is 8.17. The molecule has 1 aliphatic rings. The minimum Gasteiger partial charge on any atom is -0.508 e. The molecule has 2 rings (SSSR count). The molecule has 0 saturated carbocycles. The standard InChI is InChI=1S/C16H23N3O3.ClH/c1-11(2)14(17)16(22)19-8-6-18(7-9-19)15(21)12-4-3-5-13(20)10-12;/h3-5,10-11,14,20H,6-9,17H2,1-2H3;1H/t14-;/m0./s1. The minimum atomic E-state index is -0.492. The van der Waals surface area contributed by atoms with E-state index >= 15 is 0 Å². The third kappa shape index (κ3) is 4.59. The van der Waals surface area contributed by atoms with E-state index < -0.39 is 6.04 Å². The van der Waals surface area contributed by atoms with Crippen molar-refractivity contribution in [3.63, 3.8) is 0 Å². The Labute approximate surface area is 142 Å². The van der Waals surface area contributed by atoms with Crippen molar-refractivity contribution in [1.82, 2.24) is 9.80 Å². The molecule has 1 aromatic carbocycles. The zero-order valence-electron chi connectivity index (χ0n) is 13.4. The number of phenolic OH excluding ortho intramolecular Hbond substituents is 1. The molecule has 1 heterocycles. The zero-order chi connectivity index (χ0) is 16.3. The number of phenols is 1. The Kier molecular flexibility index (Phi) is 6.84. The van der Waals surface area contributed by atoms with Gasteiger partial charge in [0.05, 0.1) is 6.04 Å². The van der Waals surface area contributed by atoms with Crippen LogP contribution in [0.2, 0.25) is 0 Å². The number of piperazine rings is 1. The number of aromatic hydroxyl groups is 1. The summed E-state index contributed by atoms with van der Waals surface area (Å²) in [7, 11) is 0. The van der Waals surface area contributed by atoms with Gasteiger partial charge in [0.1, 0.15) is 5.75 Å². The van der Waals surface area contributed by atoms with E-state index in [1.165, 1.54) is 12.1 Å². The average molecular weight is 342 g/mol. The predicted molar refractivity (Wildman–Crippen MR) is 90.7 cm³/mol. The highest BCUT2D eigenvalue weighted by Crippen LogP contribution is 2.15. The van der Waals surface area contributed by atoms with Crippen molar-refractivity contribution in [3.05, 3.63) is 29.8 Å². The summed E-state index contributed by atoms with van der Waals surface area (Å²) in [5, 5.41) is 9.45. The summed E-state index contributed by atoms with van der Waals surface area (Å²) in [6.07, 6.45) is 0. The Morgan fingerprint density at radius 1 is 1.13 bits per heavy atom. The van der Waals surface area contributed by atoms with E-state index in [1.54, 1.807) is 21.9 Å². The van der Waals surface area contributed by atoms with Gasteiger partial charge in [-0.15, -0.1) is 12.4 Å². The lowest BCUT2D eigenvalue weighted by Gasteiger charge is -2.36. The van der Waals surface area contributed by atoms with E-state index in [2.05, 4.69) is 0 Å². The highest BCUT2D eigenvalue weighted by atomic mass is 35.5. The number of benzene rings is 1. The molecule has 7 heteroatoms. The number of carbonyl (C=O) groups excluding carboxylic acids is 2. The van der Waals surface area contributed by atoms with Gasteiger partial charge < -0.3 is 20.6 Å². The van der Waals surface area contributed by atoms with Crippen LogP contribution in [0.4, 0.5) is 0 Å². The van der Waals surface area contributed by atoms with Gasteiger partial charge in [-0.2, -0.15) is 0 Å². The van der Waals surface area contributed by atoms with Gasteiger partial charge in [0.25, 0.3) is 5.91 Å². The van der Waals surface area contributed by atoms with Crippen LogP contribution in [-0.4, -0.2) is 58.9 Å². The fraction of sp³-hybridized carbons (Fsp3) is 0.500. The molecule has 0 bridgehead atoms. The molecular formula is C16H24ClN3O3. The van der Waals surface area contributed by atoms with Crippen LogP contribution in [0.3, 0.4) is 0 Å². The molecular weight excluding hydrogens is 318 g/mol. The molecule has 0 aromatic heterocycles. The molecule has 0 aliphatic carbocycles. The average Bonchev–Trinajstić information content (AvgIpc) is 2.52. The number of nitrogens with zero attached hydrogens (tertiary/aromatic N) is 2. The van der Waals surface area contributed by atoms with Crippen LogP contribution < -0.4 is 5.73 Å². The summed E-state index contributed by atoms with van der Waals surface area (Å²) in [5.41, 5.74) is 6.35. The van der Waals surface area contributed by atoms with Gasteiger partial charge in [-0.25, -0.2) is 0 Å². The fourth-order valence-corrected chi connectivity index (χ4v) is 2.45. The van der Waals surface area contributed by atoms with Gasteiger partial charge in [0.2, 0.25) is 5.91 Å². The molecule has 0 radical (unpaired) electrons. The molecule has 1 fully saturated rings. The van der Waals surface area contributed by atoms with E-state index in [9.17, 15) is 14.7 Å². The highest BCUT2D eigenvalue weighted by molar-refractivity contribution is 5.94. The first-order valence-corrected chi connectivity index (χ1v) is 7.53. The first-order valence-electron chi connectivity index (χ1n) is 7.53. The smallest absolute Gasteiger partial charge is 0.254 e. The maximum Gasteiger partial charge on any atom is 0.254 e. The molecule has 3 N–H and O–H groups in total. The maximum absolute atomic E-state index is 12.4. The molecule has 1 aliphatic heterocycles. The number of nitrogens with two attached hydrogens (primary N) is 1. The number of rotatable bonds is 3. The van der Waals surface area contributed by atoms with Crippen LogP contribution in [0.25, 0.3) is 0 Å². The number of carbonyl (C=O) groups is 2. The van der Waals surface area contributed by atoms with Gasteiger partial charge in [-0.1, -0.05) is 19.9 Å². The van der Waals surface area contributed by atoms with Crippen molar-refractivity contribution in [1.29, 1.82) is 0 Å². The van der Waals surface area contributed by atoms with Crippen molar-refractivity contribution < 1.29 is 14.7 Å². The topological polar surface area (TPSA) is 86.9 Å². The molecule has 0 spiro atoms. The quantitative estimate of drug-likeness (QED) is 0.861. The summed E-state index contributed by atoms with van der Waals surface area (Å²) in [6.45, 7) is 5.78. The first-order chi connectivity index (χ1) is 10.4. The van der Waals surface area contributed by atoms with Crippen LogP contribution in [0.1, 0.15) is 24.2 Å². The van der Waals surface area contributed by atoms with E-state index in [4.69, 9.17) is 5.73 Å². The van der Waals surface area contributed by atoms with E-state index in [-0.39, 0.29) is 35.9 Å². The minimum absolute atomic E-state index is 0. The van der Waals surface area contributed by atoms with E-state index in [0.717, 1.165) is 0 Å². The Balaban J connectivity index is 0.00000264. The number of hydrogen-bond donors (Lipinski definition) is 2. The molecule has 0 unspecified atom stereocenters. The Bertz CT molecular complexity index is 557. The lowest BCUT2D eigenvalue weighted by molar-refractivity contribution is -0.135. The number of amides is 2. The third-order valence-electron chi connectivity index (χ3n) is 3.98. The SMILES string of the molecule is CC(C)[C@H](N)C(=O)N1CCN(C(=O)c2cccc(O)c2)CC1.Cl. The van der Waals surface area contributed by atoms with Crippen LogP contribution in [0, 0.1) is 5.92 Å². The van der Waals surface area contributed by atoms with Crippen molar-refractivity contribution in [2.45, 2.75) is 19.9 Å². The summed E-state index contributed by atoms with van der Waals surface area (Å²) in [6, 6.07) is 5.81. The molecule has 23 heavy (non-hydrogen) atoms. The molecule has 2 amide bonds. The first kappa shape index (κ1) is 19.3. The Morgan fingerprint density at radius 2 is 1.70 bits per heavy atom. The van der Waals surface area contributed by atoms with E-state index in [1.807, 2.05) is 13.8 Å². The molecule has 1 saturated heterocycles. The zero-order valence-corrected chi connectivity index (χ0v) is 14.3. The van der Waals surface area contributed by atoms with Crippen molar-refractivity contribution >= 4 is 24.2 Å². The van der Waals surface area contributed by atoms with Crippen LogP contribution in [0.5, 0.6) is 5.75 Å². The monoisotopic (exact) mass is 341 g/mol. The molecule has 128 valence electrons. The van der Waals surface area contributed by atoms with Crippen LogP contribution >= 0.6 is 12.4 Å². The van der Waals surface area contributed by atoms with E-state index in [0.29, 0.717) is 31.7 Å². The molecule has 1 atom stereocenters. The lowest BCUT2D eigenvalue weighted by Crippen LogP contribution is -2.55. The van der Waals surface area contributed by atoms with Crippen LogP contribution in [0.15, 0.2) is 24.3 Å². The predicted octanol–water partition coefficient (Wildman–Crippen LogP) is 1.08. The third-order valence-corrected chi connectivity index (χ3v) is 3.98. The molecule has 1 aromatic rings. The van der Waals surface area contributed by atoms with Crippen LogP contribution in [-0.2, 0) is 4.79 Å². The number of hydrogen-bond acceptors (Lipinski definition) is 4. The summed E-state index contributed by atoms with van der Waals surface area (Å²) in [5.74, 6) is -0.0161. The fourth-order valence-electron chi connectivity index (χ4n) is 2.45. The highest BCUT2D eigenvalue weighted by Gasteiger charge is 2.28. The van der Waals surface area contributed by atoms with Gasteiger partial charge in [-0.3, -0.25) is 9.59 Å². The van der Waals surface area contributed by atoms with Crippen molar-refractivity contribution in [2.75, 3.05) is 26.2 Å². The number of halogens is 1. The summed E-state index contributed by atoms with van der Waals surface area (Å²) < 4.78 is 0. The van der Waals surface area contributed by atoms with Gasteiger partial charge in [0.15, 0.2) is 0 Å². The normalized spacial score (nSPS) is 16.0. The van der Waals surface area contributed by atoms with Crippen molar-refractivity contribution in [2.24, 2.45) is 11.7 Å².